The van der Waals surface area contributed by atoms with Crippen LogP contribution in [0.1, 0.15) is 12.1 Å². The molecule has 2 aliphatic heterocycles. The molecule has 2 aromatic heterocycles. The van der Waals surface area contributed by atoms with Gasteiger partial charge in [-0.2, -0.15) is 0 Å². The summed E-state index contributed by atoms with van der Waals surface area (Å²) in [6, 6.07) is 6.63. The van der Waals surface area contributed by atoms with Gasteiger partial charge in [-0.15, -0.1) is 24.5 Å². The van der Waals surface area contributed by atoms with Crippen molar-refractivity contribution in [2.75, 3.05) is 62.3 Å². The van der Waals surface area contributed by atoms with E-state index in [2.05, 4.69) is 24.9 Å². The SMILES string of the molecule is FC(F)(F)Oc1ccc2cccnc2c1N1CCCN(Cc2csc(N3CCOCC3)n2)CC1. The van der Waals surface area contributed by atoms with Gasteiger partial charge in [-0.3, -0.25) is 9.88 Å². The number of pyridine rings is 1. The van der Waals surface area contributed by atoms with Gasteiger partial charge in [-0.05, 0) is 24.6 Å². The maximum atomic E-state index is 13.1. The molecule has 0 N–H and O–H groups in total. The van der Waals surface area contributed by atoms with Crippen LogP contribution in [-0.2, 0) is 11.3 Å². The van der Waals surface area contributed by atoms with Crippen molar-refractivity contribution < 1.29 is 22.6 Å². The van der Waals surface area contributed by atoms with Crippen LogP contribution in [0, 0.1) is 0 Å². The first-order valence-electron chi connectivity index (χ1n) is 11.3. The number of alkyl halides is 3. The number of hydrogen-bond donors (Lipinski definition) is 0. The van der Waals surface area contributed by atoms with E-state index in [4.69, 9.17) is 9.72 Å². The monoisotopic (exact) mass is 493 g/mol. The van der Waals surface area contributed by atoms with Crippen molar-refractivity contribution in [3.8, 4) is 5.75 Å². The Labute approximate surface area is 199 Å². The van der Waals surface area contributed by atoms with Gasteiger partial charge in [0.25, 0.3) is 0 Å². The van der Waals surface area contributed by atoms with E-state index in [1.165, 1.54) is 6.07 Å². The molecule has 2 saturated heterocycles. The molecule has 2 aliphatic rings. The third-order valence-corrected chi connectivity index (χ3v) is 7.00. The van der Waals surface area contributed by atoms with Crippen molar-refractivity contribution in [1.29, 1.82) is 0 Å². The number of benzene rings is 1. The first kappa shape index (κ1) is 23.1. The average molecular weight is 494 g/mol. The minimum absolute atomic E-state index is 0.207. The van der Waals surface area contributed by atoms with E-state index >= 15 is 0 Å². The molecule has 0 unspecified atom stereocenters. The van der Waals surface area contributed by atoms with Crippen LogP contribution in [0.5, 0.6) is 5.75 Å². The highest BCUT2D eigenvalue weighted by molar-refractivity contribution is 7.13. The quantitative estimate of drug-likeness (QED) is 0.530. The van der Waals surface area contributed by atoms with Crippen LogP contribution in [0.4, 0.5) is 24.0 Å². The summed E-state index contributed by atoms with van der Waals surface area (Å²) in [6.07, 6.45) is -2.35. The van der Waals surface area contributed by atoms with Crippen molar-refractivity contribution in [2.24, 2.45) is 0 Å². The van der Waals surface area contributed by atoms with Crippen molar-refractivity contribution in [1.82, 2.24) is 14.9 Å². The second kappa shape index (κ2) is 9.93. The summed E-state index contributed by atoms with van der Waals surface area (Å²) in [5, 5.41) is 3.90. The fourth-order valence-corrected chi connectivity index (χ4v) is 5.34. The Balaban J connectivity index is 1.31. The highest BCUT2D eigenvalue weighted by Crippen LogP contribution is 2.38. The van der Waals surface area contributed by atoms with E-state index < -0.39 is 6.36 Å². The molecule has 0 amide bonds. The third kappa shape index (κ3) is 5.37. The first-order valence-corrected chi connectivity index (χ1v) is 12.2. The Hall–Kier alpha value is -2.63. The smallest absolute Gasteiger partial charge is 0.403 e. The van der Waals surface area contributed by atoms with E-state index in [9.17, 15) is 13.2 Å². The zero-order valence-electron chi connectivity index (χ0n) is 18.6. The second-order valence-corrected chi connectivity index (χ2v) is 9.21. The Morgan fingerprint density at radius 3 is 2.68 bits per heavy atom. The maximum Gasteiger partial charge on any atom is 0.573 e. The van der Waals surface area contributed by atoms with Crippen LogP contribution in [-0.4, -0.2) is 73.7 Å². The van der Waals surface area contributed by atoms with Crippen LogP contribution in [0.25, 0.3) is 10.9 Å². The number of aromatic nitrogens is 2. The van der Waals surface area contributed by atoms with Crippen LogP contribution >= 0.6 is 11.3 Å². The molecule has 3 aromatic rings. The molecular formula is C23H26F3N5O2S. The molecule has 1 aromatic carbocycles. The van der Waals surface area contributed by atoms with Gasteiger partial charge in [0.1, 0.15) is 5.69 Å². The van der Waals surface area contributed by atoms with Gasteiger partial charge in [0.2, 0.25) is 0 Å². The van der Waals surface area contributed by atoms with Crippen molar-refractivity contribution in [3.63, 3.8) is 0 Å². The minimum atomic E-state index is -4.77. The zero-order chi connectivity index (χ0) is 23.5. The number of fused-ring (bicyclic) bond motifs is 1. The predicted octanol–water partition coefficient (Wildman–Crippen LogP) is 4.14. The predicted molar refractivity (Wildman–Crippen MR) is 126 cm³/mol. The highest BCUT2D eigenvalue weighted by Gasteiger charge is 2.34. The van der Waals surface area contributed by atoms with Gasteiger partial charge in [0, 0.05) is 62.8 Å². The number of halogens is 3. The lowest BCUT2D eigenvalue weighted by Gasteiger charge is -2.27. The average Bonchev–Trinajstić information content (AvgIpc) is 3.17. The van der Waals surface area contributed by atoms with Gasteiger partial charge in [0.15, 0.2) is 10.9 Å². The van der Waals surface area contributed by atoms with E-state index in [-0.39, 0.29) is 5.75 Å². The highest BCUT2D eigenvalue weighted by atomic mass is 32.1. The van der Waals surface area contributed by atoms with Gasteiger partial charge in [-0.1, -0.05) is 6.07 Å². The molecule has 0 radical (unpaired) electrons. The van der Waals surface area contributed by atoms with Gasteiger partial charge >= 0.3 is 6.36 Å². The molecule has 0 saturated carbocycles. The van der Waals surface area contributed by atoms with Crippen LogP contribution in [0.2, 0.25) is 0 Å². The van der Waals surface area contributed by atoms with Gasteiger partial charge < -0.3 is 19.3 Å². The molecule has 0 atom stereocenters. The fraction of sp³-hybridized carbons (Fsp3) is 0.478. The molecule has 7 nitrogen and oxygen atoms in total. The number of anilines is 2. The summed E-state index contributed by atoms with van der Waals surface area (Å²) in [7, 11) is 0. The van der Waals surface area contributed by atoms with Gasteiger partial charge in [-0.25, -0.2) is 4.98 Å². The summed E-state index contributed by atoms with van der Waals surface area (Å²) in [5.41, 5.74) is 1.95. The number of hydrogen-bond acceptors (Lipinski definition) is 8. The molecule has 0 bridgehead atoms. The van der Waals surface area contributed by atoms with Crippen molar-refractivity contribution in [3.05, 3.63) is 41.5 Å². The summed E-state index contributed by atoms with van der Waals surface area (Å²) in [6.45, 7) is 6.61. The number of morpholine rings is 1. The molecule has 2 fully saturated rings. The maximum absolute atomic E-state index is 13.1. The number of thiazole rings is 1. The lowest BCUT2D eigenvalue weighted by Crippen LogP contribution is -2.36. The summed E-state index contributed by atoms with van der Waals surface area (Å²) in [4.78, 5) is 15.7. The topological polar surface area (TPSA) is 54.0 Å². The summed E-state index contributed by atoms with van der Waals surface area (Å²) in [5.74, 6) is -0.207. The number of rotatable bonds is 5. The number of ether oxygens (including phenoxy) is 2. The fourth-order valence-electron chi connectivity index (χ4n) is 4.47. The summed E-state index contributed by atoms with van der Waals surface area (Å²) < 4.78 is 49.2. The zero-order valence-corrected chi connectivity index (χ0v) is 19.4. The van der Waals surface area contributed by atoms with Crippen LogP contribution in [0.3, 0.4) is 0 Å². The number of nitrogens with zero attached hydrogens (tertiary/aromatic N) is 5. The van der Waals surface area contributed by atoms with E-state index in [0.717, 1.165) is 55.5 Å². The standard InChI is InChI=1S/C23H26F3N5O2S/c24-23(25,26)33-19-5-4-17-3-1-6-27-20(17)21(19)30-8-2-7-29(9-10-30)15-18-16-34-22(28-18)31-11-13-32-14-12-31/h1,3-6,16H,2,7-15H2. The van der Waals surface area contributed by atoms with E-state index in [1.54, 1.807) is 29.7 Å². The summed E-state index contributed by atoms with van der Waals surface area (Å²) >= 11 is 1.65. The Kier molecular flexibility index (Phi) is 6.75. The largest absolute Gasteiger partial charge is 0.573 e. The normalized spacial score (nSPS) is 18.3. The lowest BCUT2D eigenvalue weighted by atomic mass is 10.1. The minimum Gasteiger partial charge on any atom is -0.403 e. The molecule has 0 spiro atoms. The first-order chi connectivity index (χ1) is 16.5. The molecule has 0 aliphatic carbocycles. The molecule has 182 valence electrons. The van der Waals surface area contributed by atoms with Crippen LogP contribution in [0.15, 0.2) is 35.8 Å². The molecule has 5 rings (SSSR count). The van der Waals surface area contributed by atoms with E-state index in [0.29, 0.717) is 37.4 Å². The molecule has 34 heavy (non-hydrogen) atoms. The van der Waals surface area contributed by atoms with Crippen LogP contribution < -0.4 is 14.5 Å². The van der Waals surface area contributed by atoms with Crippen molar-refractivity contribution in [2.45, 2.75) is 19.3 Å². The molecule has 4 heterocycles. The second-order valence-electron chi connectivity index (χ2n) is 8.37. The van der Waals surface area contributed by atoms with E-state index in [1.807, 2.05) is 11.0 Å². The van der Waals surface area contributed by atoms with Crippen molar-refractivity contribution >= 4 is 33.1 Å². The Morgan fingerprint density at radius 2 is 1.85 bits per heavy atom. The molecular weight excluding hydrogens is 467 g/mol. The third-order valence-electron chi connectivity index (χ3n) is 6.05. The van der Waals surface area contributed by atoms with Gasteiger partial charge in [0.05, 0.1) is 24.4 Å². The Bertz CT molecular complexity index is 1120. The molecule has 11 heteroatoms. The lowest BCUT2D eigenvalue weighted by molar-refractivity contribution is -0.274. The Morgan fingerprint density at radius 1 is 1.00 bits per heavy atom.